The third-order valence-corrected chi connectivity index (χ3v) is 4.45. The number of aromatic hydroxyl groups is 1. The molecule has 0 unspecified atom stereocenters. The van der Waals surface area contributed by atoms with Crippen LogP contribution in [0.3, 0.4) is 0 Å². The summed E-state index contributed by atoms with van der Waals surface area (Å²) >= 11 is 3.49. The van der Waals surface area contributed by atoms with Crippen molar-refractivity contribution in [2.24, 2.45) is 0 Å². The summed E-state index contributed by atoms with van der Waals surface area (Å²) in [4.78, 5) is 0. The van der Waals surface area contributed by atoms with Gasteiger partial charge in [0.15, 0.2) is 0 Å². The summed E-state index contributed by atoms with van der Waals surface area (Å²) in [5.74, 6) is 0.485. The second-order valence-electron chi connectivity index (χ2n) is 8.04. The molecule has 0 saturated heterocycles. The van der Waals surface area contributed by atoms with Crippen molar-refractivity contribution in [1.82, 2.24) is 0 Å². The van der Waals surface area contributed by atoms with E-state index >= 15 is 0 Å². The van der Waals surface area contributed by atoms with Crippen LogP contribution in [0.2, 0.25) is 0 Å². The van der Waals surface area contributed by atoms with Gasteiger partial charge in [0.2, 0.25) is 0 Å². The van der Waals surface area contributed by atoms with E-state index < -0.39 is 0 Å². The number of rotatable bonds is 5. The van der Waals surface area contributed by atoms with Crippen LogP contribution in [0, 0.1) is 0 Å². The zero-order chi connectivity index (χ0) is 16.3. The Morgan fingerprint density at radius 2 is 1.33 bits per heavy atom. The smallest absolute Gasteiger partial charge is 0.123 e. The molecule has 1 aromatic rings. The second-order valence-corrected chi connectivity index (χ2v) is 8.83. The van der Waals surface area contributed by atoms with Gasteiger partial charge in [0.25, 0.3) is 0 Å². The number of phenols is 1. The van der Waals surface area contributed by atoms with E-state index in [1.807, 2.05) is 0 Å². The van der Waals surface area contributed by atoms with Crippen LogP contribution in [0.1, 0.15) is 77.5 Å². The van der Waals surface area contributed by atoms with Gasteiger partial charge in [0.05, 0.1) is 0 Å². The van der Waals surface area contributed by atoms with Crippen molar-refractivity contribution in [3.05, 3.63) is 28.8 Å². The van der Waals surface area contributed by atoms with Crippen molar-refractivity contribution >= 4 is 15.9 Å². The molecule has 0 radical (unpaired) electrons. The van der Waals surface area contributed by atoms with Crippen molar-refractivity contribution in [3.63, 3.8) is 0 Å². The van der Waals surface area contributed by atoms with Gasteiger partial charge in [-0.25, -0.2) is 0 Å². The summed E-state index contributed by atoms with van der Waals surface area (Å²) in [6.07, 6.45) is 4.79. The summed E-state index contributed by atoms with van der Waals surface area (Å²) in [7, 11) is 0. The van der Waals surface area contributed by atoms with Crippen LogP contribution < -0.4 is 0 Å². The van der Waals surface area contributed by atoms with Gasteiger partial charge in [-0.15, -0.1) is 0 Å². The first-order valence-electron chi connectivity index (χ1n) is 8.00. The minimum atomic E-state index is -0.0318. The molecule has 0 saturated carbocycles. The highest BCUT2D eigenvalue weighted by Crippen LogP contribution is 2.40. The molecule has 0 aliphatic rings. The lowest BCUT2D eigenvalue weighted by Crippen LogP contribution is -2.18. The predicted octanol–water partition coefficient (Wildman–Crippen LogP) is 6.09. The number of phenolic OH excluding ortho intramolecular Hbond substituents is 1. The molecule has 0 spiro atoms. The summed E-state index contributed by atoms with van der Waals surface area (Å²) < 4.78 is 0. The number of unbranched alkanes of at least 4 members (excludes halogenated alkanes) is 2. The molecule has 0 amide bonds. The maximum Gasteiger partial charge on any atom is 0.123 e. The van der Waals surface area contributed by atoms with Gasteiger partial charge in [0.1, 0.15) is 5.75 Å². The molecule has 0 aliphatic heterocycles. The van der Waals surface area contributed by atoms with E-state index in [2.05, 4.69) is 69.6 Å². The number of hydrogen-bond donors (Lipinski definition) is 1. The summed E-state index contributed by atoms with van der Waals surface area (Å²) in [5, 5.41) is 11.8. The van der Waals surface area contributed by atoms with Crippen LogP contribution in [0.25, 0.3) is 0 Å². The fourth-order valence-electron chi connectivity index (χ4n) is 2.58. The first kappa shape index (κ1) is 18.5. The first-order chi connectivity index (χ1) is 9.57. The Bertz CT molecular complexity index is 428. The quantitative estimate of drug-likeness (QED) is 0.500. The average Bonchev–Trinajstić information content (AvgIpc) is 2.33. The predicted molar refractivity (Wildman–Crippen MR) is 96.9 cm³/mol. The van der Waals surface area contributed by atoms with Crippen molar-refractivity contribution < 1.29 is 5.11 Å². The molecule has 1 nitrogen and oxygen atoms in total. The molecule has 1 aromatic carbocycles. The lowest BCUT2D eigenvalue weighted by Gasteiger charge is -2.28. The van der Waals surface area contributed by atoms with Gasteiger partial charge < -0.3 is 5.11 Å². The van der Waals surface area contributed by atoms with Crippen LogP contribution >= 0.6 is 15.9 Å². The third kappa shape index (κ3) is 5.32. The van der Waals surface area contributed by atoms with E-state index in [0.29, 0.717) is 5.75 Å². The van der Waals surface area contributed by atoms with Gasteiger partial charge in [-0.3, -0.25) is 0 Å². The van der Waals surface area contributed by atoms with Gasteiger partial charge in [-0.1, -0.05) is 76.0 Å². The van der Waals surface area contributed by atoms with Crippen molar-refractivity contribution in [2.75, 3.05) is 5.33 Å². The first-order valence-corrected chi connectivity index (χ1v) is 9.12. The second kappa shape index (κ2) is 7.17. The maximum atomic E-state index is 10.7. The zero-order valence-corrected chi connectivity index (χ0v) is 16.1. The van der Waals surface area contributed by atoms with Crippen LogP contribution in [0.15, 0.2) is 12.1 Å². The Balaban J connectivity index is 3.15. The zero-order valence-electron chi connectivity index (χ0n) is 14.5. The highest BCUT2D eigenvalue weighted by molar-refractivity contribution is 9.09. The molecule has 1 N–H and O–H groups in total. The van der Waals surface area contributed by atoms with E-state index in [1.54, 1.807) is 0 Å². The number of alkyl halides is 1. The van der Waals surface area contributed by atoms with E-state index in [0.717, 1.165) is 22.9 Å². The number of hydrogen-bond acceptors (Lipinski definition) is 1. The van der Waals surface area contributed by atoms with E-state index in [1.165, 1.54) is 24.8 Å². The molecule has 21 heavy (non-hydrogen) atoms. The lowest BCUT2D eigenvalue weighted by molar-refractivity contribution is 0.422. The van der Waals surface area contributed by atoms with E-state index in [4.69, 9.17) is 0 Å². The highest BCUT2D eigenvalue weighted by Gasteiger charge is 2.26. The normalized spacial score (nSPS) is 12.7. The van der Waals surface area contributed by atoms with Crippen LogP contribution in [-0.2, 0) is 17.3 Å². The Kier molecular flexibility index (Phi) is 6.34. The van der Waals surface area contributed by atoms with E-state index in [9.17, 15) is 5.11 Å². The maximum absolute atomic E-state index is 10.7. The Morgan fingerprint density at radius 1 is 0.857 bits per heavy atom. The molecule has 0 aromatic heterocycles. The molecule has 2 heteroatoms. The van der Waals surface area contributed by atoms with E-state index in [-0.39, 0.29) is 10.8 Å². The molecule has 0 atom stereocenters. The van der Waals surface area contributed by atoms with Crippen LogP contribution in [0.5, 0.6) is 5.75 Å². The third-order valence-electron chi connectivity index (χ3n) is 3.88. The number of aryl methyl sites for hydroxylation is 1. The Morgan fingerprint density at radius 3 is 1.71 bits per heavy atom. The molecule has 0 bridgehead atoms. The van der Waals surface area contributed by atoms with Gasteiger partial charge in [-0.05, 0) is 46.8 Å². The fraction of sp³-hybridized carbons (Fsp3) is 0.684. The van der Waals surface area contributed by atoms with Crippen molar-refractivity contribution in [3.8, 4) is 5.75 Å². The molecule has 120 valence electrons. The Hall–Kier alpha value is -0.500. The van der Waals surface area contributed by atoms with Crippen LogP contribution in [-0.4, -0.2) is 10.4 Å². The monoisotopic (exact) mass is 354 g/mol. The summed E-state index contributed by atoms with van der Waals surface area (Å²) in [6, 6.07) is 4.41. The minimum absolute atomic E-state index is 0.0318. The fourth-order valence-corrected chi connectivity index (χ4v) is 2.98. The summed E-state index contributed by atoms with van der Waals surface area (Å²) in [5.41, 5.74) is 3.44. The highest BCUT2D eigenvalue weighted by atomic mass is 79.9. The van der Waals surface area contributed by atoms with Crippen molar-refractivity contribution in [2.45, 2.75) is 78.1 Å². The minimum Gasteiger partial charge on any atom is -0.507 e. The van der Waals surface area contributed by atoms with Gasteiger partial charge in [0, 0.05) is 5.33 Å². The Labute approximate surface area is 139 Å². The van der Waals surface area contributed by atoms with Gasteiger partial charge >= 0.3 is 0 Å². The molecule has 0 heterocycles. The van der Waals surface area contributed by atoms with Crippen LogP contribution in [0.4, 0.5) is 0 Å². The summed E-state index contributed by atoms with van der Waals surface area (Å²) in [6.45, 7) is 13.0. The SMILES string of the molecule is CC(C)(C)c1cc(CCCCCBr)cc(C(C)(C)C)c1O. The topological polar surface area (TPSA) is 20.2 Å². The average molecular weight is 355 g/mol. The standard InChI is InChI=1S/C19H31BrO/c1-18(2,3)15-12-14(10-8-7-9-11-20)13-16(17(15)21)19(4,5)6/h12-13,21H,7-11H2,1-6H3. The molecular weight excluding hydrogens is 324 g/mol. The molecule has 0 aliphatic carbocycles. The molecular formula is C19H31BrO. The molecule has 0 fully saturated rings. The molecule has 1 rings (SSSR count). The van der Waals surface area contributed by atoms with Crippen molar-refractivity contribution in [1.29, 1.82) is 0 Å². The van der Waals surface area contributed by atoms with Gasteiger partial charge in [-0.2, -0.15) is 0 Å². The lowest BCUT2D eigenvalue weighted by atomic mass is 9.78. The number of halogens is 1. The number of benzene rings is 1. The largest absolute Gasteiger partial charge is 0.507 e.